The second-order valence-electron chi connectivity index (χ2n) is 6.73. The van der Waals surface area contributed by atoms with Crippen LogP contribution in [-0.2, 0) is 0 Å². The molecule has 1 aliphatic carbocycles. The lowest BCUT2D eigenvalue weighted by Gasteiger charge is -2.37. The molecule has 0 aromatic heterocycles. The fourth-order valence-corrected chi connectivity index (χ4v) is 3.59. The summed E-state index contributed by atoms with van der Waals surface area (Å²) in [5.41, 5.74) is 0. The van der Waals surface area contributed by atoms with Crippen molar-refractivity contribution in [1.82, 2.24) is 15.1 Å². The summed E-state index contributed by atoms with van der Waals surface area (Å²) in [6.07, 6.45) is 9.03. The SMILES string of the molecule is CCC1CCC(NC2CCN(C(=O)N(C)C)CC2)CC1. The van der Waals surface area contributed by atoms with Gasteiger partial charge >= 0.3 is 6.03 Å². The quantitative estimate of drug-likeness (QED) is 0.863. The molecule has 0 spiro atoms. The highest BCUT2D eigenvalue weighted by Gasteiger charge is 2.27. The molecule has 1 saturated heterocycles. The van der Waals surface area contributed by atoms with Crippen molar-refractivity contribution >= 4 is 6.03 Å². The van der Waals surface area contributed by atoms with E-state index in [0.29, 0.717) is 6.04 Å². The van der Waals surface area contributed by atoms with Gasteiger partial charge in [-0.1, -0.05) is 13.3 Å². The molecule has 1 saturated carbocycles. The summed E-state index contributed by atoms with van der Waals surface area (Å²) in [7, 11) is 3.66. The van der Waals surface area contributed by atoms with Gasteiger partial charge in [0.15, 0.2) is 0 Å². The Kier molecular flexibility index (Phi) is 5.70. The van der Waals surface area contributed by atoms with E-state index in [1.54, 1.807) is 4.90 Å². The van der Waals surface area contributed by atoms with Crippen LogP contribution in [0.1, 0.15) is 51.9 Å². The van der Waals surface area contributed by atoms with Crippen LogP contribution in [0.2, 0.25) is 0 Å². The van der Waals surface area contributed by atoms with Crippen LogP contribution in [0.25, 0.3) is 0 Å². The first-order valence-electron chi connectivity index (χ1n) is 8.32. The average Bonchev–Trinajstić information content (AvgIpc) is 2.48. The van der Waals surface area contributed by atoms with E-state index in [1.807, 2.05) is 19.0 Å². The minimum atomic E-state index is 0.159. The van der Waals surface area contributed by atoms with Crippen LogP contribution in [-0.4, -0.2) is 55.1 Å². The summed E-state index contributed by atoms with van der Waals surface area (Å²) in [6, 6.07) is 1.50. The van der Waals surface area contributed by atoms with Crippen molar-refractivity contribution < 1.29 is 4.79 Å². The summed E-state index contributed by atoms with van der Waals surface area (Å²) >= 11 is 0. The maximum absolute atomic E-state index is 11.9. The zero-order valence-corrected chi connectivity index (χ0v) is 13.4. The van der Waals surface area contributed by atoms with Crippen LogP contribution >= 0.6 is 0 Å². The van der Waals surface area contributed by atoms with Crippen LogP contribution in [0.4, 0.5) is 4.79 Å². The second kappa shape index (κ2) is 7.30. The monoisotopic (exact) mass is 281 g/mol. The van der Waals surface area contributed by atoms with Crippen LogP contribution < -0.4 is 5.32 Å². The number of hydrogen-bond acceptors (Lipinski definition) is 2. The summed E-state index contributed by atoms with van der Waals surface area (Å²) < 4.78 is 0. The van der Waals surface area contributed by atoms with Gasteiger partial charge in [0.05, 0.1) is 0 Å². The van der Waals surface area contributed by atoms with Gasteiger partial charge in [0.1, 0.15) is 0 Å². The third-order valence-corrected chi connectivity index (χ3v) is 5.04. The van der Waals surface area contributed by atoms with Gasteiger partial charge in [-0.3, -0.25) is 0 Å². The minimum absolute atomic E-state index is 0.159. The van der Waals surface area contributed by atoms with Crippen LogP contribution in [0.15, 0.2) is 0 Å². The van der Waals surface area contributed by atoms with E-state index in [-0.39, 0.29) is 6.03 Å². The first kappa shape index (κ1) is 15.6. The topological polar surface area (TPSA) is 35.6 Å². The Morgan fingerprint density at radius 3 is 2.10 bits per heavy atom. The zero-order chi connectivity index (χ0) is 14.5. The van der Waals surface area contributed by atoms with Crippen LogP contribution in [0, 0.1) is 5.92 Å². The molecule has 0 atom stereocenters. The number of carbonyl (C=O) groups is 1. The maximum Gasteiger partial charge on any atom is 0.319 e. The predicted octanol–water partition coefficient (Wildman–Crippen LogP) is 2.69. The number of urea groups is 1. The standard InChI is InChI=1S/C16H31N3O/c1-4-13-5-7-14(8-6-13)17-15-9-11-19(12-10-15)16(20)18(2)3/h13-15,17H,4-12H2,1-3H3. The van der Waals surface area contributed by atoms with Crippen LogP contribution in [0.3, 0.4) is 0 Å². The van der Waals surface area contributed by atoms with E-state index in [9.17, 15) is 4.79 Å². The molecule has 4 nitrogen and oxygen atoms in total. The van der Waals surface area contributed by atoms with E-state index in [2.05, 4.69) is 12.2 Å². The van der Waals surface area contributed by atoms with Crippen molar-refractivity contribution in [3.8, 4) is 0 Å². The van der Waals surface area contributed by atoms with Crippen LogP contribution in [0.5, 0.6) is 0 Å². The lowest BCUT2D eigenvalue weighted by atomic mass is 9.84. The Bertz CT molecular complexity index is 303. The molecule has 0 unspecified atom stereocenters. The Morgan fingerprint density at radius 2 is 1.60 bits per heavy atom. The molecule has 116 valence electrons. The number of carbonyl (C=O) groups excluding carboxylic acids is 1. The minimum Gasteiger partial charge on any atom is -0.331 e. The van der Waals surface area contributed by atoms with Crippen molar-refractivity contribution in [2.75, 3.05) is 27.2 Å². The number of likely N-dealkylation sites (tertiary alicyclic amines) is 1. The number of hydrogen-bond donors (Lipinski definition) is 1. The normalized spacial score (nSPS) is 28.4. The number of nitrogens with zero attached hydrogens (tertiary/aromatic N) is 2. The summed E-state index contributed by atoms with van der Waals surface area (Å²) in [5, 5.41) is 3.84. The van der Waals surface area contributed by atoms with Crippen molar-refractivity contribution in [1.29, 1.82) is 0 Å². The molecule has 1 N–H and O–H groups in total. The third-order valence-electron chi connectivity index (χ3n) is 5.04. The van der Waals surface area contributed by atoms with Gasteiger partial charge in [0, 0.05) is 39.3 Å². The Morgan fingerprint density at radius 1 is 1.05 bits per heavy atom. The van der Waals surface area contributed by atoms with E-state index < -0.39 is 0 Å². The fraction of sp³-hybridized carbons (Fsp3) is 0.938. The van der Waals surface area contributed by atoms with Crippen molar-refractivity contribution in [2.24, 2.45) is 5.92 Å². The first-order chi connectivity index (χ1) is 9.60. The third kappa shape index (κ3) is 4.11. The van der Waals surface area contributed by atoms with Crippen molar-refractivity contribution in [3.05, 3.63) is 0 Å². The van der Waals surface area contributed by atoms with E-state index in [0.717, 1.165) is 37.9 Å². The lowest BCUT2D eigenvalue weighted by Crippen LogP contribution is -2.50. The Labute approximate surface area is 123 Å². The molecule has 1 heterocycles. The summed E-state index contributed by atoms with van der Waals surface area (Å²) in [5.74, 6) is 0.965. The summed E-state index contributed by atoms with van der Waals surface area (Å²) in [4.78, 5) is 15.6. The molecule has 0 aromatic rings. The molecule has 2 amide bonds. The van der Waals surface area contributed by atoms with Gasteiger partial charge in [0.2, 0.25) is 0 Å². The predicted molar refractivity (Wildman–Crippen MR) is 82.9 cm³/mol. The summed E-state index contributed by atoms with van der Waals surface area (Å²) in [6.45, 7) is 4.12. The molecular weight excluding hydrogens is 250 g/mol. The van der Waals surface area contributed by atoms with Gasteiger partial charge < -0.3 is 15.1 Å². The maximum atomic E-state index is 11.9. The highest BCUT2D eigenvalue weighted by Crippen LogP contribution is 2.27. The highest BCUT2D eigenvalue weighted by molar-refractivity contribution is 5.73. The first-order valence-corrected chi connectivity index (χ1v) is 8.32. The molecule has 4 heteroatoms. The van der Waals surface area contributed by atoms with Crippen molar-refractivity contribution in [3.63, 3.8) is 0 Å². The Hall–Kier alpha value is -0.770. The second-order valence-corrected chi connectivity index (χ2v) is 6.73. The smallest absolute Gasteiger partial charge is 0.319 e. The van der Waals surface area contributed by atoms with Gasteiger partial charge in [-0.2, -0.15) is 0 Å². The zero-order valence-electron chi connectivity index (χ0n) is 13.4. The molecule has 2 aliphatic rings. The van der Waals surface area contributed by atoms with Gasteiger partial charge in [-0.15, -0.1) is 0 Å². The van der Waals surface area contributed by atoms with E-state index in [4.69, 9.17) is 0 Å². The highest BCUT2D eigenvalue weighted by atomic mass is 16.2. The molecule has 1 aliphatic heterocycles. The molecule has 2 fully saturated rings. The van der Waals surface area contributed by atoms with Gasteiger partial charge in [0.25, 0.3) is 0 Å². The molecule has 0 bridgehead atoms. The average molecular weight is 281 g/mol. The van der Waals surface area contributed by atoms with E-state index in [1.165, 1.54) is 32.1 Å². The lowest BCUT2D eigenvalue weighted by molar-refractivity contribution is 0.147. The molecular formula is C16H31N3O. The van der Waals surface area contributed by atoms with Gasteiger partial charge in [-0.25, -0.2) is 4.79 Å². The molecule has 0 radical (unpaired) electrons. The molecule has 20 heavy (non-hydrogen) atoms. The fourth-order valence-electron chi connectivity index (χ4n) is 3.59. The molecule has 2 rings (SSSR count). The molecule has 0 aromatic carbocycles. The van der Waals surface area contributed by atoms with Crippen molar-refractivity contribution in [2.45, 2.75) is 64.0 Å². The number of nitrogens with one attached hydrogen (secondary N) is 1. The van der Waals surface area contributed by atoms with Gasteiger partial charge in [-0.05, 0) is 44.4 Å². The van der Waals surface area contributed by atoms with E-state index >= 15 is 0 Å². The largest absolute Gasteiger partial charge is 0.331 e. The Balaban J connectivity index is 1.68. The number of amides is 2. The number of piperidine rings is 1. The number of rotatable bonds is 3.